The number of nitrogens with two attached hydrogens (primary N) is 1. The molecule has 2 rings (SSSR count). The molecule has 0 amide bonds. The van der Waals surface area contributed by atoms with Crippen LogP contribution in [0, 0.1) is 6.92 Å². The summed E-state index contributed by atoms with van der Waals surface area (Å²) >= 11 is 1.88. The smallest absolute Gasteiger partial charge is 0.0378 e. The molecular formula is C16H21N3S. The first kappa shape index (κ1) is 14.9. The topological polar surface area (TPSA) is 50.9 Å². The second-order valence-corrected chi connectivity index (χ2v) is 5.90. The van der Waals surface area contributed by atoms with Crippen LogP contribution in [0.15, 0.2) is 47.6 Å². The van der Waals surface area contributed by atoms with Crippen molar-refractivity contribution in [3.8, 4) is 0 Å². The van der Waals surface area contributed by atoms with Gasteiger partial charge in [-0.2, -0.15) is 0 Å². The van der Waals surface area contributed by atoms with Crippen LogP contribution in [0.3, 0.4) is 0 Å². The van der Waals surface area contributed by atoms with Crippen molar-refractivity contribution in [1.82, 2.24) is 10.3 Å². The molecular weight excluding hydrogens is 266 g/mol. The Labute approximate surface area is 125 Å². The predicted molar refractivity (Wildman–Crippen MR) is 87.1 cm³/mol. The van der Waals surface area contributed by atoms with Gasteiger partial charge in [-0.05, 0) is 43.7 Å². The summed E-state index contributed by atoms with van der Waals surface area (Å²) in [5.74, 6) is 1.01. The van der Waals surface area contributed by atoms with Gasteiger partial charge in [-0.1, -0.05) is 18.2 Å². The highest BCUT2D eigenvalue weighted by Gasteiger charge is 2.10. The fourth-order valence-corrected chi connectivity index (χ4v) is 3.16. The molecule has 2 aromatic rings. The van der Waals surface area contributed by atoms with E-state index in [0.29, 0.717) is 6.04 Å². The van der Waals surface area contributed by atoms with Gasteiger partial charge in [-0.15, -0.1) is 11.8 Å². The van der Waals surface area contributed by atoms with E-state index >= 15 is 0 Å². The van der Waals surface area contributed by atoms with Crippen LogP contribution in [0.1, 0.15) is 11.1 Å². The highest BCUT2D eigenvalue weighted by Crippen LogP contribution is 2.23. The van der Waals surface area contributed by atoms with Crippen LogP contribution in [-0.4, -0.2) is 23.8 Å². The number of anilines is 1. The molecule has 0 bridgehead atoms. The molecule has 1 atom stereocenters. The van der Waals surface area contributed by atoms with Gasteiger partial charge in [0.2, 0.25) is 0 Å². The molecule has 3 nitrogen and oxygen atoms in total. The highest BCUT2D eigenvalue weighted by molar-refractivity contribution is 7.99. The second kappa shape index (κ2) is 7.31. The number of aromatic nitrogens is 1. The summed E-state index contributed by atoms with van der Waals surface area (Å²) in [4.78, 5) is 5.49. The third-order valence-corrected chi connectivity index (χ3v) is 4.69. The molecule has 1 unspecified atom stereocenters. The molecule has 3 N–H and O–H groups in total. The number of rotatable bonds is 6. The van der Waals surface area contributed by atoms with E-state index in [1.54, 1.807) is 6.20 Å². The maximum atomic E-state index is 5.98. The molecule has 0 aliphatic heterocycles. The Morgan fingerprint density at radius 1 is 1.30 bits per heavy atom. The molecule has 1 heterocycles. The molecule has 1 aromatic carbocycles. The van der Waals surface area contributed by atoms with Crippen LogP contribution < -0.4 is 11.1 Å². The Kier molecular flexibility index (Phi) is 5.44. The van der Waals surface area contributed by atoms with Crippen molar-refractivity contribution in [2.75, 3.05) is 18.5 Å². The Morgan fingerprint density at radius 2 is 2.10 bits per heavy atom. The van der Waals surface area contributed by atoms with Gasteiger partial charge in [-0.3, -0.25) is 4.98 Å². The standard InChI is InChI=1S/C16H21N3S/c1-12-5-3-4-6-16(12)20-11-14(18-2)9-13-10-19-8-7-15(13)17/h3-8,10,14,18H,9,11H2,1-2H3,(H2,17,19). The Bertz CT molecular complexity index is 557. The van der Waals surface area contributed by atoms with Gasteiger partial charge >= 0.3 is 0 Å². The van der Waals surface area contributed by atoms with Crippen LogP contribution in [0.4, 0.5) is 5.69 Å². The molecule has 106 valence electrons. The van der Waals surface area contributed by atoms with E-state index in [9.17, 15) is 0 Å². The Morgan fingerprint density at radius 3 is 2.80 bits per heavy atom. The molecule has 0 fully saturated rings. The summed E-state index contributed by atoms with van der Waals surface area (Å²) < 4.78 is 0. The van der Waals surface area contributed by atoms with Gasteiger partial charge < -0.3 is 11.1 Å². The number of hydrogen-bond acceptors (Lipinski definition) is 4. The minimum Gasteiger partial charge on any atom is -0.398 e. The fraction of sp³-hybridized carbons (Fsp3) is 0.312. The largest absolute Gasteiger partial charge is 0.398 e. The van der Waals surface area contributed by atoms with Crippen molar-refractivity contribution in [2.45, 2.75) is 24.3 Å². The molecule has 0 radical (unpaired) electrons. The minimum atomic E-state index is 0.381. The van der Waals surface area contributed by atoms with Crippen molar-refractivity contribution in [3.05, 3.63) is 53.9 Å². The Balaban J connectivity index is 1.96. The maximum absolute atomic E-state index is 5.98. The van der Waals surface area contributed by atoms with E-state index in [4.69, 9.17) is 5.73 Å². The lowest BCUT2D eigenvalue weighted by Crippen LogP contribution is -2.30. The zero-order chi connectivity index (χ0) is 14.4. The van der Waals surface area contributed by atoms with E-state index in [-0.39, 0.29) is 0 Å². The first-order chi connectivity index (χ1) is 9.70. The quantitative estimate of drug-likeness (QED) is 0.802. The van der Waals surface area contributed by atoms with Crippen molar-refractivity contribution in [1.29, 1.82) is 0 Å². The van der Waals surface area contributed by atoms with Crippen molar-refractivity contribution >= 4 is 17.4 Å². The summed E-state index contributed by atoms with van der Waals surface area (Å²) in [5.41, 5.74) is 9.24. The fourth-order valence-electron chi connectivity index (χ4n) is 2.03. The van der Waals surface area contributed by atoms with Gasteiger partial charge in [0.05, 0.1) is 0 Å². The summed E-state index contributed by atoms with van der Waals surface area (Å²) in [6.45, 7) is 2.15. The molecule has 20 heavy (non-hydrogen) atoms. The average molecular weight is 287 g/mol. The van der Waals surface area contributed by atoms with E-state index in [0.717, 1.165) is 23.4 Å². The van der Waals surface area contributed by atoms with E-state index < -0.39 is 0 Å². The van der Waals surface area contributed by atoms with Gasteiger partial charge in [0.15, 0.2) is 0 Å². The third kappa shape index (κ3) is 3.99. The minimum absolute atomic E-state index is 0.381. The van der Waals surface area contributed by atoms with Gasteiger partial charge in [0.1, 0.15) is 0 Å². The van der Waals surface area contributed by atoms with Crippen LogP contribution in [0.5, 0.6) is 0 Å². The van der Waals surface area contributed by atoms with Crippen LogP contribution in [0.2, 0.25) is 0 Å². The second-order valence-electron chi connectivity index (χ2n) is 4.84. The number of likely N-dealkylation sites (N-methyl/N-ethyl adjacent to an activating group) is 1. The van der Waals surface area contributed by atoms with Crippen molar-refractivity contribution in [2.24, 2.45) is 0 Å². The van der Waals surface area contributed by atoms with Gasteiger partial charge in [0.25, 0.3) is 0 Å². The number of nitrogens with zero attached hydrogens (tertiary/aromatic N) is 1. The van der Waals surface area contributed by atoms with Crippen molar-refractivity contribution in [3.63, 3.8) is 0 Å². The first-order valence-electron chi connectivity index (χ1n) is 6.74. The van der Waals surface area contributed by atoms with Crippen LogP contribution in [0.25, 0.3) is 0 Å². The molecule has 4 heteroatoms. The number of benzene rings is 1. The summed E-state index contributed by atoms with van der Waals surface area (Å²) in [7, 11) is 2.00. The lowest BCUT2D eigenvalue weighted by atomic mass is 10.1. The third-order valence-electron chi connectivity index (χ3n) is 3.35. The molecule has 0 saturated heterocycles. The zero-order valence-corrected chi connectivity index (χ0v) is 12.8. The molecule has 0 aliphatic rings. The zero-order valence-electron chi connectivity index (χ0n) is 12.0. The normalized spacial score (nSPS) is 12.3. The van der Waals surface area contributed by atoms with Gasteiger partial charge in [0, 0.05) is 34.8 Å². The summed E-state index contributed by atoms with van der Waals surface area (Å²) in [5, 5.41) is 3.36. The summed E-state index contributed by atoms with van der Waals surface area (Å²) in [6, 6.07) is 10.7. The maximum Gasteiger partial charge on any atom is 0.0378 e. The van der Waals surface area contributed by atoms with E-state index in [2.05, 4.69) is 41.5 Å². The number of nitrogen functional groups attached to an aromatic ring is 1. The Hall–Kier alpha value is -1.52. The number of aryl methyl sites for hydroxylation is 1. The number of pyridine rings is 1. The van der Waals surface area contributed by atoms with E-state index in [1.165, 1.54) is 10.5 Å². The lowest BCUT2D eigenvalue weighted by molar-refractivity contribution is 0.617. The van der Waals surface area contributed by atoms with Gasteiger partial charge in [-0.25, -0.2) is 0 Å². The number of thioether (sulfide) groups is 1. The molecule has 0 saturated carbocycles. The van der Waals surface area contributed by atoms with Crippen LogP contribution in [-0.2, 0) is 6.42 Å². The lowest BCUT2D eigenvalue weighted by Gasteiger charge is -2.17. The monoisotopic (exact) mass is 287 g/mol. The SMILES string of the molecule is CNC(CSc1ccccc1C)Cc1cnccc1N. The average Bonchev–Trinajstić information content (AvgIpc) is 2.47. The van der Waals surface area contributed by atoms with Crippen LogP contribution >= 0.6 is 11.8 Å². The van der Waals surface area contributed by atoms with Crippen molar-refractivity contribution < 1.29 is 0 Å². The molecule has 1 aromatic heterocycles. The molecule has 0 spiro atoms. The van der Waals surface area contributed by atoms with E-state index in [1.807, 2.05) is 31.1 Å². The molecule has 0 aliphatic carbocycles. The highest BCUT2D eigenvalue weighted by atomic mass is 32.2. The predicted octanol–water partition coefficient (Wildman–Crippen LogP) is 2.90. The summed E-state index contributed by atoms with van der Waals surface area (Å²) in [6.07, 6.45) is 4.49. The first-order valence-corrected chi connectivity index (χ1v) is 7.73. The number of hydrogen-bond donors (Lipinski definition) is 2. The number of nitrogens with one attached hydrogen (secondary N) is 1.